The molecule has 0 spiro atoms. The summed E-state index contributed by atoms with van der Waals surface area (Å²) in [7, 11) is 0. The number of carbonyl (C=O) groups excluding carboxylic acids is 1. The molecule has 1 aromatic heterocycles. The van der Waals surface area contributed by atoms with Crippen LogP contribution in [0.3, 0.4) is 0 Å². The lowest BCUT2D eigenvalue weighted by Crippen LogP contribution is -2.37. The van der Waals surface area contributed by atoms with Crippen LogP contribution < -0.4 is 9.47 Å². The van der Waals surface area contributed by atoms with Gasteiger partial charge in [-0.15, -0.1) is 0 Å². The van der Waals surface area contributed by atoms with Crippen molar-refractivity contribution in [2.45, 2.75) is 26.1 Å². The van der Waals surface area contributed by atoms with Gasteiger partial charge >= 0.3 is 0 Å². The Labute approximate surface area is 146 Å². The second kappa shape index (κ2) is 6.76. The summed E-state index contributed by atoms with van der Waals surface area (Å²) in [6.07, 6.45) is 1.67. The minimum atomic E-state index is -0.0909. The minimum Gasteiger partial charge on any atom is -0.486 e. The molecule has 0 fully saturated rings. The fourth-order valence-corrected chi connectivity index (χ4v) is 3.32. The van der Waals surface area contributed by atoms with Crippen molar-refractivity contribution in [2.24, 2.45) is 0 Å². The summed E-state index contributed by atoms with van der Waals surface area (Å²) < 4.78 is 19.0. The number of amides is 1. The Hall–Kier alpha value is -2.54. The zero-order valence-electron chi connectivity index (χ0n) is 14.2. The number of hydrogen-bond donors (Lipinski definition) is 0. The third-order valence-corrected chi connectivity index (χ3v) is 4.44. The van der Waals surface area contributed by atoms with E-state index in [2.05, 4.69) is 5.10 Å². The number of aromatic nitrogens is 2. The van der Waals surface area contributed by atoms with Crippen molar-refractivity contribution >= 4 is 5.91 Å². The first-order valence-electron chi connectivity index (χ1n) is 8.56. The maximum atomic E-state index is 13.2. The predicted molar refractivity (Wildman–Crippen MR) is 89.8 cm³/mol. The lowest BCUT2D eigenvalue weighted by molar-refractivity contribution is 0.0243. The van der Waals surface area contributed by atoms with Crippen LogP contribution in [-0.4, -0.2) is 53.1 Å². The second-order valence-electron chi connectivity index (χ2n) is 6.10. The van der Waals surface area contributed by atoms with Gasteiger partial charge in [-0.25, -0.2) is 0 Å². The molecule has 7 heteroatoms. The summed E-state index contributed by atoms with van der Waals surface area (Å²) in [4.78, 5) is 15.0. The van der Waals surface area contributed by atoms with Gasteiger partial charge < -0.3 is 19.1 Å². The summed E-state index contributed by atoms with van der Waals surface area (Å²) >= 11 is 0. The number of hydrogen-bond acceptors (Lipinski definition) is 5. The highest BCUT2D eigenvalue weighted by Crippen LogP contribution is 2.34. The zero-order chi connectivity index (χ0) is 17.2. The van der Waals surface area contributed by atoms with Gasteiger partial charge in [0.2, 0.25) is 0 Å². The summed E-state index contributed by atoms with van der Waals surface area (Å²) in [6, 6.07) is 7.37. The van der Waals surface area contributed by atoms with E-state index < -0.39 is 0 Å². The third-order valence-electron chi connectivity index (χ3n) is 4.44. The van der Waals surface area contributed by atoms with Crippen molar-refractivity contribution in [3.63, 3.8) is 0 Å². The highest BCUT2D eigenvalue weighted by atomic mass is 16.6. The zero-order valence-corrected chi connectivity index (χ0v) is 14.2. The first-order valence-corrected chi connectivity index (χ1v) is 8.56. The molecule has 4 rings (SSSR count). The van der Waals surface area contributed by atoms with Crippen molar-refractivity contribution < 1.29 is 19.0 Å². The Morgan fingerprint density at radius 3 is 3.04 bits per heavy atom. The summed E-state index contributed by atoms with van der Waals surface area (Å²) in [5, 5.41) is 4.34. The quantitative estimate of drug-likeness (QED) is 0.849. The van der Waals surface area contributed by atoms with Crippen molar-refractivity contribution in [3.05, 3.63) is 41.7 Å². The van der Waals surface area contributed by atoms with Gasteiger partial charge in [-0.2, -0.15) is 5.10 Å². The van der Waals surface area contributed by atoms with E-state index in [-0.39, 0.29) is 12.0 Å². The molecule has 1 atom stereocenters. The first kappa shape index (κ1) is 16.0. The predicted octanol–water partition coefficient (Wildman–Crippen LogP) is 1.72. The first-order chi connectivity index (χ1) is 12.3. The van der Waals surface area contributed by atoms with E-state index >= 15 is 0 Å². The normalized spacial score (nSPS) is 19.2. The highest BCUT2D eigenvalue weighted by molar-refractivity contribution is 5.98. The lowest BCUT2D eigenvalue weighted by Gasteiger charge is -2.26. The van der Waals surface area contributed by atoms with Gasteiger partial charge in [0.15, 0.2) is 11.5 Å². The Bertz CT molecular complexity index is 773. The van der Waals surface area contributed by atoms with E-state index in [1.54, 1.807) is 17.2 Å². The van der Waals surface area contributed by atoms with Gasteiger partial charge in [0, 0.05) is 19.3 Å². The Kier molecular flexibility index (Phi) is 4.31. The second-order valence-corrected chi connectivity index (χ2v) is 6.10. The van der Waals surface area contributed by atoms with E-state index in [4.69, 9.17) is 14.2 Å². The lowest BCUT2D eigenvalue weighted by atomic mass is 10.1. The SMILES string of the molecule is CCOC1CN(C(=O)c2cccc3c2OCCO3)Cc2ccnn2C1. The third kappa shape index (κ3) is 3.07. The van der Waals surface area contributed by atoms with E-state index in [0.29, 0.717) is 56.5 Å². The average Bonchev–Trinajstić information content (AvgIpc) is 2.99. The summed E-state index contributed by atoms with van der Waals surface area (Å²) in [6.45, 7) is 5.16. The Morgan fingerprint density at radius 1 is 1.28 bits per heavy atom. The van der Waals surface area contributed by atoms with E-state index in [1.165, 1.54) is 0 Å². The van der Waals surface area contributed by atoms with Crippen LogP contribution in [0.2, 0.25) is 0 Å². The number of nitrogens with zero attached hydrogens (tertiary/aromatic N) is 3. The molecule has 7 nitrogen and oxygen atoms in total. The van der Waals surface area contributed by atoms with Gasteiger partial charge in [0.05, 0.1) is 30.5 Å². The molecule has 1 aromatic carbocycles. The largest absolute Gasteiger partial charge is 0.486 e. The van der Waals surface area contributed by atoms with Crippen LogP contribution >= 0.6 is 0 Å². The molecule has 0 radical (unpaired) electrons. The molecule has 25 heavy (non-hydrogen) atoms. The van der Waals surface area contributed by atoms with Crippen molar-refractivity contribution in [1.82, 2.24) is 14.7 Å². The molecule has 0 saturated carbocycles. The van der Waals surface area contributed by atoms with Gasteiger partial charge in [-0.05, 0) is 25.1 Å². The number of rotatable bonds is 3. The van der Waals surface area contributed by atoms with Crippen molar-refractivity contribution in [1.29, 1.82) is 0 Å². The number of benzene rings is 1. The average molecular weight is 343 g/mol. The molecule has 0 aliphatic carbocycles. The number of para-hydroxylation sites is 1. The fourth-order valence-electron chi connectivity index (χ4n) is 3.32. The maximum absolute atomic E-state index is 13.2. The Morgan fingerprint density at radius 2 is 2.16 bits per heavy atom. The van der Waals surface area contributed by atoms with Crippen LogP contribution in [0.25, 0.3) is 0 Å². The standard InChI is InChI=1S/C18H21N3O4/c1-2-23-14-11-20(10-13-6-7-19-21(13)12-14)18(22)15-4-3-5-16-17(15)25-9-8-24-16/h3-7,14H,2,8-12H2,1H3. The number of fused-ring (bicyclic) bond motifs is 2. The smallest absolute Gasteiger partial charge is 0.258 e. The fraction of sp³-hybridized carbons (Fsp3) is 0.444. The molecule has 2 aromatic rings. The summed E-state index contributed by atoms with van der Waals surface area (Å²) in [5.41, 5.74) is 1.53. The monoisotopic (exact) mass is 343 g/mol. The number of carbonyl (C=O) groups is 1. The van der Waals surface area contributed by atoms with E-state index in [9.17, 15) is 4.79 Å². The summed E-state index contributed by atoms with van der Waals surface area (Å²) in [5.74, 6) is 1.07. The van der Waals surface area contributed by atoms with Crippen LogP contribution in [0.5, 0.6) is 11.5 Å². The molecule has 1 unspecified atom stereocenters. The number of ether oxygens (including phenoxy) is 3. The van der Waals surface area contributed by atoms with Crippen LogP contribution in [0, 0.1) is 0 Å². The molecule has 3 heterocycles. The van der Waals surface area contributed by atoms with Crippen LogP contribution in [0.15, 0.2) is 30.5 Å². The van der Waals surface area contributed by atoms with E-state index in [1.807, 2.05) is 29.8 Å². The van der Waals surface area contributed by atoms with E-state index in [0.717, 1.165) is 5.69 Å². The highest BCUT2D eigenvalue weighted by Gasteiger charge is 2.29. The Balaban J connectivity index is 1.65. The molecule has 132 valence electrons. The molecule has 1 amide bonds. The van der Waals surface area contributed by atoms with Gasteiger partial charge in [0.25, 0.3) is 5.91 Å². The molecular weight excluding hydrogens is 322 g/mol. The van der Waals surface area contributed by atoms with Gasteiger partial charge in [-0.3, -0.25) is 9.48 Å². The molecule has 0 N–H and O–H groups in total. The molecular formula is C18H21N3O4. The topological polar surface area (TPSA) is 65.8 Å². The van der Waals surface area contributed by atoms with Crippen LogP contribution in [-0.2, 0) is 17.8 Å². The molecule has 0 bridgehead atoms. The molecule has 2 aliphatic rings. The van der Waals surface area contributed by atoms with Crippen LogP contribution in [0.1, 0.15) is 23.0 Å². The van der Waals surface area contributed by atoms with Gasteiger partial charge in [0.1, 0.15) is 13.2 Å². The van der Waals surface area contributed by atoms with Gasteiger partial charge in [-0.1, -0.05) is 6.07 Å². The van der Waals surface area contributed by atoms with Crippen molar-refractivity contribution in [2.75, 3.05) is 26.4 Å². The maximum Gasteiger partial charge on any atom is 0.258 e. The van der Waals surface area contributed by atoms with Crippen molar-refractivity contribution in [3.8, 4) is 11.5 Å². The minimum absolute atomic E-state index is 0.0818. The molecule has 2 aliphatic heterocycles. The molecule has 0 saturated heterocycles. The van der Waals surface area contributed by atoms with Crippen LogP contribution in [0.4, 0.5) is 0 Å².